The van der Waals surface area contributed by atoms with Crippen LogP contribution in [0.25, 0.3) is 0 Å². The summed E-state index contributed by atoms with van der Waals surface area (Å²) < 4.78 is 5.52. The molecule has 17 heavy (non-hydrogen) atoms. The second-order valence-electron chi connectivity index (χ2n) is 3.93. The van der Waals surface area contributed by atoms with Crippen LogP contribution in [0.2, 0.25) is 0 Å². The summed E-state index contributed by atoms with van der Waals surface area (Å²) in [5.41, 5.74) is 0.837. The lowest BCUT2D eigenvalue weighted by atomic mass is 10.1. The number of hydrogen-bond donors (Lipinski definition) is 2. The maximum absolute atomic E-state index is 10.6. The standard InChI is InChI=1S/C13H19NO3/c1-10(15)12-5-3-6-13(9-12)17-8-4-7-14-11(2)16/h3,5-6,9-10,15H,4,7-8H2,1-2H3,(H,14,16). The highest BCUT2D eigenvalue weighted by atomic mass is 16.5. The Morgan fingerprint density at radius 1 is 1.53 bits per heavy atom. The lowest BCUT2D eigenvalue weighted by Crippen LogP contribution is -2.22. The second kappa shape index (κ2) is 6.91. The van der Waals surface area contributed by atoms with Gasteiger partial charge in [-0.05, 0) is 31.0 Å². The first-order valence-electron chi connectivity index (χ1n) is 5.75. The topological polar surface area (TPSA) is 58.6 Å². The first-order valence-corrected chi connectivity index (χ1v) is 5.75. The SMILES string of the molecule is CC(=O)NCCCOc1cccc(C(C)O)c1. The Bertz CT molecular complexity index is 363. The summed E-state index contributed by atoms with van der Waals surface area (Å²) in [6, 6.07) is 7.38. The number of amides is 1. The number of benzene rings is 1. The Hall–Kier alpha value is -1.55. The molecular weight excluding hydrogens is 218 g/mol. The van der Waals surface area contributed by atoms with Crippen molar-refractivity contribution in [3.63, 3.8) is 0 Å². The first kappa shape index (κ1) is 13.5. The third-order valence-electron chi connectivity index (χ3n) is 2.30. The van der Waals surface area contributed by atoms with Crippen molar-refractivity contribution in [2.45, 2.75) is 26.4 Å². The van der Waals surface area contributed by atoms with Crippen molar-refractivity contribution in [3.8, 4) is 5.75 Å². The molecule has 0 aliphatic rings. The smallest absolute Gasteiger partial charge is 0.216 e. The molecule has 1 amide bonds. The van der Waals surface area contributed by atoms with Crippen LogP contribution in [0.4, 0.5) is 0 Å². The molecule has 1 aromatic carbocycles. The Morgan fingerprint density at radius 2 is 2.29 bits per heavy atom. The van der Waals surface area contributed by atoms with Gasteiger partial charge in [-0.25, -0.2) is 0 Å². The van der Waals surface area contributed by atoms with Gasteiger partial charge in [0.1, 0.15) is 5.75 Å². The van der Waals surface area contributed by atoms with E-state index in [1.54, 1.807) is 6.92 Å². The van der Waals surface area contributed by atoms with Crippen LogP contribution in [0, 0.1) is 0 Å². The zero-order chi connectivity index (χ0) is 12.7. The van der Waals surface area contributed by atoms with Gasteiger partial charge in [0.15, 0.2) is 0 Å². The van der Waals surface area contributed by atoms with Gasteiger partial charge in [-0.3, -0.25) is 4.79 Å². The number of hydrogen-bond acceptors (Lipinski definition) is 3. The van der Waals surface area contributed by atoms with Crippen molar-refractivity contribution >= 4 is 5.91 Å². The molecule has 4 heteroatoms. The molecule has 1 rings (SSSR count). The monoisotopic (exact) mass is 237 g/mol. The maximum Gasteiger partial charge on any atom is 0.216 e. The van der Waals surface area contributed by atoms with E-state index in [2.05, 4.69) is 5.32 Å². The summed E-state index contributed by atoms with van der Waals surface area (Å²) >= 11 is 0. The summed E-state index contributed by atoms with van der Waals surface area (Å²) in [6.07, 6.45) is 0.274. The number of aliphatic hydroxyl groups excluding tert-OH is 1. The molecule has 0 fully saturated rings. The first-order chi connectivity index (χ1) is 8.09. The van der Waals surface area contributed by atoms with Crippen LogP contribution in [0.3, 0.4) is 0 Å². The molecule has 0 spiro atoms. The predicted molar refractivity (Wildman–Crippen MR) is 65.9 cm³/mol. The largest absolute Gasteiger partial charge is 0.494 e. The van der Waals surface area contributed by atoms with Gasteiger partial charge in [0.25, 0.3) is 0 Å². The summed E-state index contributed by atoms with van der Waals surface area (Å²) in [5, 5.41) is 12.1. The Balaban J connectivity index is 2.31. The van der Waals surface area contributed by atoms with Gasteiger partial charge in [0.05, 0.1) is 12.7 Å². The predicted octanol–water partition coefficient (Wildman–Crippen LogP) is 1.64. The molecular formula is C13H19NO3. The Labute approximate surface area is 102 Å². The highest BCUT2D eigenvalue weighted by molar-refractivity contribution is 5.72. The minimum Gasteiger partial charge on any atom is -0.494 e. The Morgan fingerprint density at radius 3 is 2.94 bits per heavy atom. The van der Waals surface area contributed by atoms with Gasteiger partial charge < -0.3 is 15.2 Å². The number of carbonyl (C=O) groups excluding carboxylic acids is 1. The lowest BCUT2D eigenvalue weighted by molar-refractivity contribution is -0.118. The molecule has 1 unspecified atom stereocenters. The molecule has 0 aliphatic carbocycles. The molecule has 94 valence electrons. The molecule has 0 saturated heterocycles. The number of rotatable bonds is 6. The fourth-order valence-corrected chi connectivity index (χ4v) is 1.39. The van der Waals surface area contributed by atoms with Gasteiger partial charge in [-0.2, -0.15) is 0 Å². The molecule has 2 N–H and O–H groups in total. The molecule has 0 radical (unpaired) electrons. The van der Waals surface area contributed by atoms with Gasteiger partial charge in [0, 0.05) is 13.5 Å². The average Bonchev–Trinajstić information content (AvgIpc) is 2.28. The van der Waals surface area contributed by atoms with E-state index < -0.39 is 6.10 Å². The molecule has 0 heterocycles. The molecule has 1 atom stereocenters. The van der Waals surface area contributed by atoms with E-state index in [4.69, 9.17) is 4.74 Å². The maximum atomic E-state index is 10.6. The van der Waals surface area contributed by atoms with Gasteiger partial charge in [0.2, 0.25) is 5.91 Å². The zero-order valence-electron chi connectivity index (χ0n) is 10.3. The van der Waals surface area contributed by atoms with Gasteiger partial charge in [-0.1, -0.05) is 12.1 Å². The Kier molecular flexibility index (Phi) is 5.49. The molecule has 0 saturated carbocycles. The van der Waals surface area contributed by atoms with E-state index >= 15 is 0 Å². The molecule has 0 bridgehead atoms. The van der Waals surface area contributed by atoms with Crippen molar-refractivity contribution in [2.75, 3.05) is 13.2 Å². The van der Waals surface area contributed by atoms with Crippen LogP contribution in [-0.2, 0) is 4.79 Å². The highest BCUT2D eigenvalue weighted by Gasteiger charge is 2.02. The number of nitrogens with one attached hydrogen (secondary N) is 1. The number of carbonyl (C=O) groups is 1. The summed E-state index contributed by atoms with van der Waals surface area (Å²) in [7, 11) is 0. The van der Waals surface area contributed by atoms with Crippen molar-refractivity contribution in [3.05, 3.63) is 29.8 Å². The number of ether oxygens (including phenoxy) is 1. The molecule has 0 aromatic heterocycles. The summed E-state index contributed by atoms with van der Waals surface area (Å²) in [4.78, 5) is 10.6. The van der Waals surface area contributed by atoms with Crippen molar-refractivity contribution < 1.29 is 14.6 Å². The van der Waals surface area contributed by atoms with Gasteiger partial charge in [-0.15, -0.1) is 0 Å². The fourth-order valence-electron chi connectivity index (χ4n) is 1.39. The normalized spacial score (nSPS) is 11.9. The van der Waals surface area contributed by atoms with E-state index in [-0.39, 0.29) is 5.91 Å². The van der Waals surface area contributed by atoms with Crippen LogP contribution in [0.5, 0.6) is 5.75 Å². The van der Waals surface area contributed by atoms with Crippen LogP contribution in [-0.4, -0.2) is 24.2 Å². The second-order valence-corrected chi connectivity index (χ2v) is 3.93. The third-order valence-corrected chi connectivity index (χ3v) is 2.30. The minimum atomic E-state index is -0.488. The van der Waals surface area contributed by atoms with Crippen LogP contribution in [0.1, 0.15) is 31.9 Å². The number of aliphatic hydroxyl groups is 1. The summed E-state index contributed by atoms with van der Waals surface area (Å²) in [5.74, 6) is 0.715. The van der Waals surface area contributed by atoms with Crippen LogP contribution in [0.15, 0.2) is 24.3 Å². The van der Waals surface area contributed by atoms with E-state index in [1.165, 1.54) is 6.92 Å². The van der Waals surface area contributed by atoms with E-state index in [0.29, 0.717) is 13.2 Å². The third kappa shape index (κ3) is 5.36. The highest BCUT2D eigenvalue weighted by Crippen LogP contribution is 2.18. The molecule has 4 nitrogen and oxygen atoms in total. The lowest BCUT2D eigenvalue weighted by Gasteiger charge is -2.09. The molecule has 0 aliphatic heterocycles. The van der Waals surface area contributed by atoms with Gasteiger partial charge >= 0.3 is 0 Å². The van der Waals surface area contributed by atoms with E-state index in [0.717, 1.165) is 17.7 Å². The van der Waals surface area contributed by atoms with E-state index in [1.807, 2.05) is 24.3 Å². The van der Waals surface area contributed by atoms with Crippen molar-refractivity contribution in [1.82, 2.24) is 5.32 Å². The fraction of sp³-hybridized carbons (Fsp3) is 0.462. The van der Waals surface area contributed by atoms with Crippen molar-refractivity contribution in [2.24, 2.45) is 0 Å². The summed E-state index contributed by atoms with van der Waals surface area (Å²) in [6.45, 7) is 4.37. The van der Waals surface area contributed by atoms with Crippen LogP contribution < -0.4 is 10.1 Å². The van der Waals surface area contributed by atoms with Crippen molar-refractivity contribution in [1.29, 1.82) is 0 Å². The average molecular weight is 237 g/mol. The van der Waals surface area contributed by atoms with E-state index in [9.17, 15) is 9.90 Å². The minimum absolute atomic E-state index is 0.0268. The zero-order valence-corrected chi connectivity index (χ0v) is 10.3. The quantitative estimate of drug-likeness (QED) is 0.739. The van der Waals surface area contributed by atoms with Crippen LogP contribution >= 0.6 is 0 Å². The molecule has 1 aromatic rings.